The number of carboxylic acids is 1. The maximum atomic E-state index is 12.7. The number of carbonyl (C=O) groups is 1. The van der Waals surface area contributed by atoms with Crippen LogP contribution in [-0.4, -0.2) is 27.8 Å². The molecule has 0 amide bonds. The van der Waals surface area contributed by atoms with Crippen molar-refractivity contribution in [1.82, 2.24) is 4.98 Å². The van der Waals surface area contributed by atoms with Gasteiger partial charge in [-0.15, -0.1) is 0 Å². The Hall–Kier alpha value is -1.79. The Kier molecular flexibility index (Phi) is 3.30. The summed E-state index contributed by atoms with van der Waals surface area (Å²) in [5, 5.41) is 10.7. The number of anilines is 1. The van der Waals surface area contributed by atoms with Gasteiger partial charge in [-0.1, -0.05) is 0 Å². The third kappa shape index (κ3) is 2.66. The quantitative estimate of drug-likeness (QED) is 0.860. The normalized spacial score (nSPS) is 15.1. The fourth-order valence-electron chi connectivity index (χ4n) is 1.16. The number of rotatable bonds is 3. The molecule has 4 nitrogen and oxygen atoms in total. The first kappa shape index (κ1) is 13.3. The van der Waals surface area contributed by atoms with Crippen LogP contribution < -0.4 is 5.32 Å². The van der Waals surface area contributed by atoms with Crippen LogP contribution in [0.25, 0.3) is 0 Å². The first-order valence-electron chi connectivity index (χ1n) is 4.68. The van der Waals surface area contributed by atoms with Crippen LogP contribution in [-0.2, 0) is 4.79 Å². The van der Waals surface area contributed by atoms with E-state index in [1.165, 1.54) is 18.3 Å². The lowest BCUT2D eigenvalue weighted by molar-refractivity contribution is -0.192. The first-order chi connectivity index (χ1) is 7.67. The van der Waals surface area contributed by atoms with Gasteiger partial charge in [-0.25, -0.2) is 4.79 Å². The van der Waals surface area contributed by atoms with Crippen molar-refractivity contribution < 1.29 is 23.1 Å². The number of aromatic nitrogens is 1. The van der Waals surface area contributed by atoms with E-state index >= 15 is 0 Å². The van der Waals surface area contributed by atoms with Gasteiger partial charge in [-0.2, -0.15) is 13.2 Å². The van der Waals surface area contributed by atoms with Gasteiger partial charge in [0.2, 0.25) is 5.54 Å². The predicted octanol–water partition coefficient (Wildman–Crippen LogP) is 2.21. The molecular formula is C10H11F3N2O2. The summed E-state index contributed by atoms with van der Waals surface area (Å²) in [5.41, 5.74) is -2.48. The number of aryl methyl sites for hydroxylation is 1. The van der Waals surface area contributed by atoms with E-state index in [-0.39, 0.29) is 5.69 Å². The second-order valence-corrected chi connectivity index (χ2v) is 3.74. The molecule has 7 heteroatoms. The summed E-state index contributed by atoms with van der Waals surface area (Å²) >= 11 is 0. The summed E-state index contributed by atoms with van der Waals surface area (Å²) < 4.78 is 38.0. The van der Waals surface area contributed by atoms with E-state index < -0.39 is 17.7 Å². The second-order valence-electron chi connectivity index (χ2n) is 3.74. The first-order valence-corrected chi connectivity index (χ1v) is 4.68. The maximum Gasteiger partial charge on any atom is 0.422 e. The number of carboxylic acid groups (broad SMARTS) is 1. The van der Waals surface area contributed by atoms with Gasteiger partial charge >= 0.3 is 12.1 Å². The Morgan fingerprint density at radius 1 is 1.47 bits per heavy atom. The fourth-order valence-corrected chi connectivity index (χ4v) is 1.16. The molecule has 0 saturated heterocycles. The van der Waals surface area contributed by atoms with Gasteiger partial charge < -0.3 is 10.4 Å². The van der Waals surface area contributed by atoms with Crippen LogP contribution in [0.4, 0.5) is 18.9 Å². The van der Waals surface area contributed by atoms with Crippen molar-refractivity contribution in [2.24, 2.45) is 0 Å². The van der Waals surface area contributed by atoms with E-state index in [1.807, 2.05) is 5.32 Å². The molecular weight excluding hydrogens is 237 g/mol. The van der Waals surface area contributed by atoms with Crippen molar-refractivity contribution >= 4 is 11.7 Å². The number of nitrogens with one attached hydrogen (secondary N) is 1. The molecule has 1 aromatic rings. The standard InChI is InChI=1S/C10H11F3N2O2/c1-6-5-7(3-4-14-6)15-9(2,8(16)17)10(11,12)13/h3-5H,1-2H3,(H,14,15)(H,16,17). The molecule has 1 atom stereocenters. The fraction of sp³-hybridized carbons (Fsp3) is 0.400. The topological polar surface area (TPSA) is 62.2 Å². The molecule has 17 heavy (non-hydrogen) atoms. The van der Waals surface area contributed by atoms with Crippen molar-refractivity contribution in [3.63, 3.8) is 0 Å². The predicted molar refractivity (Wildman–Crippen MR) is 54.7 cm³/mol. The molecule has 1 rings (SSSR count). The van der Waals surface area contributed by atoms with E-state index in [2.05, 4.69) is 4.98 Å². The number of aliphatic carboxylic acids is 1. The van der Waals surface area contributed by atoms with Crippen molar-refractivity contribution in [1.29, 1.82) is 0 Å². The molecule has 1 unspecified atom stereocenters. The molecule has 1 aromatic heterocycles. The molecule has 0 spiro atoms. The molecule has 2 N–H and O–H groups in total. The van der Waals surface area contributed by atoms with E-state index in [4.69, 9.17) is 5.11 Å². The molecule has 0 bridgehead atoms. The van der Waals surface area contributed by atoms with Crippen LogP contribution >= 0.6 is 0 Å². The lowest BCUT2D eigenvalue weighted by Gasteiger charge is -2.29. The van der Waals surface area contributed by atoms with Crippen LogP contribution in [0.3, 0.4) is 0 Å². The Labute approximate surface area is 95.5 Å². The average molecular weight is 248 g/mol. The minimum absolute atomic E-state index is 0.0553. The molecule has 1 heterocycles. The van der Waals surface area contributed by atoms with E-state index in [1.54, 1.807) is 6.92 Å². The average Bonchev–Trinajstić information content (AvgIpc) is 2.15. The maximum absolute atomic E-state index is 12.7. The summed E-state index contributed by atoms with van der Waals surface area (Å²) in [7, 11) is 0. The highest BCUT2D eigenvalue weighted by Gasteiger charge is 2.57. The van der Waals surface area contributed by atoms with Gasteiger partial charge in [0.05, 0.1) is 0 Å². The highest BCUT2D eigenvalue weighted by atomic mass is 19.4. The third-order valence-electron chi connectivity index (χ3n) is 2.29. The zero-order chi connectivity index (χ0) is 13.3. The Morgan fingerprint density at radius 3 is 2.47 bits per heavy atom. The summed E-state index contributed by atoms with van der Waals surface area (Å²) in [6.45, 7) is 2.17. The Bertz CT molecular complexity index is 434. The molecule has 0 aliphatic carbocycles. The van der Waals surface area contributed by atoms with Crippen molar-refractivity contribution in [3.8, 4) is 0 Å². The van der Waals surface area contributed by atoms with Gasteiger partial charge in [-0.05, 0) is 26.0 Å². The molecule has 0 aliphatic rings. The van der Waals surface area contributed by atoms with Gasteiger partial charge in [0, 0.05) is 17.6 Å². The van der Waals surface area contributed by atoms with E-state index in [0.29, 0.717) is 12.6 Å². The van der Waals surface area contributed by atoms with Gasteiger partial charge in [0.15, 0.2) is 0 Å². The Balaban J connectivity index is 3.08. The van der Waals surface area contributed by atoms with Crippen LogP contribution in [0.5, 0.6) is 0 Å². The van der Waals surface area contributed by atoms with Gasteiger partial charge in [0.25, 0.3) is 0 Å². The number of alkyl halides is 3. The molecule has 0 fully saturated rings. The molecule has 94 valence electrons. The zero-order valence-electron chi connectivity index (χ0n) is 9.17. The smallest absolute Gasteiger partial charge is 0.422 e. The monoisotopic (exact) mass is 248 g/mol. The van der Waals surface area contributed by atoms with Crippen LogP contribution in [0.2, 0.25) is 0 Å². The van der Waals surface area contributed by atoms with Crippen molar-refractivity contribution in [2.75, 3.05) is 5.32 Å². The largest absolute Gasteiger partial charge is 0.479 e. The summed E-state index contributed by atoms with van der Waals surface area (Å²) in [6.07, 6.45) is -3.60. The van der Waals surface area contributed by atoms with Crippen LogP contribution in [0.15, 0.2) is 18.3 Å². The molecule has 0 aliphatic heterocycles. The summed E-state index contributed by atoms with van der Waals surface area (Å²) in [6, 6.07) is 2.62. The zero-order valence-corrected chi connectivity index (χ0v) is 9.17. The minimum Gasteiger partial charge on any atom is -0.479 e. The lowest BCUT2D eigenvalue weighted by Crippen LogP contribution is -2.55. The highest BCUT2D eigenvalue weighted by Crippen LogP contribution is 2.33. The lowest BCUT2D eigenvalue weighted by atomic mass is 10.0. The highest BCUT2D eigenvalue weighted by molar-refractivity contribution is 5.83. The van der Waals surface area contributed by atoms with Crippen molar-refractivity contribution in [3.05, 3.63) is 24.0 Å². The van der Waals surface area contributed by atoms with Gasteiger partial charge in [-0.3, -0.25) is 4.98 Å². The molecule has 0 aromatic carbocycles. The summed E-state index contributed by atoms with van der Waals surface area (Å²) in [5.74, 6) is -1.99. The second kappa shape index (κ2) is 4.23. The Morgan fingerprint density at radius 2 is 2.06 bits per heavy atom. The van der Waals surface area contributed by atoms with E-state index in [0.717, 1.165) is 0 Å². The molecule has 0 radical (unpaired) electrons. The third-order valence-corrected chi connectivity index (χ3v) is 2.29. The number of pyridine rings is 1. The number of halogens is 3. The van der Waals surface area contributed by atoms with Crippen LogP contribution in [0.1, 0.15) is 12.6 Å². The SMILES string of the molecule is Cc1cc(NC(C)(C(=O)O)C(F)(F)F)ccn1. The summed E-state index contributed by atoms with van der Waals surface area (Å²) in [4.78, 5) is 14.6. The van der Waals surface area contributed by atoms with Crippen molar-refractivity contribution in [2.45, 2.75) is 25.6 Å². The molecule has 0 saturated carbocycles. The minimum atomic E-state index is -4.91. The van der Waals surface area contributed by atoms with Gasteiger partial charge in [0.1, 0.15) is 0 Å². The number of hydrogen-bond donors (Lipinski definition) is 2. The number of hydrogen-bond acceptors (Lipinski definition) is 3. The van der Waals surface area contributed by atoms with Crippen LogP contribution in [0, 0.1) is 6.92 Å². The number of nitrogens with zero attached hydrogens (tertiary/aromatic N) is 1. The van der Waals surface area contributed by atoms with E-state index in [9.17, 15) is 18.0 Å².